The van der Waals surface area contributed by atoms with E-state index in [2.05, 4.69) is 5.32 Å². The van der Waals surface area contributed by atoms with Crippen LogP contribution < -0.4 is 9.62 Å². The molecular weight excluding hydrogens is 626 g/mol. The number of carbonyl (C=O) groups excluding carboxylic acids is 2. The monoisotopic (exact) mass is 657 g/mol. The third-order valence-electron chi connectivity index (χ3n) is 6.74. The summed E-state index contributed by atoms with van der Waals surface area (Å²) >= 11 is 12.7. The fraction of sp³-hybridized carbons (Fsp3) is 0.333. The van der Waals surface area contributed by atoms with E-state index in [4.69, 9.17) is 23.2 Å². The Morgan fingerprint density at radius 2 is 1.58 bits per heavy atom. The van der Waals surface area contributed by atoms with Crippen LogP contribution in [-0.4, -0.2) is 44.3 Å². The molecule has 0 radical (unpaired) electrons. The molecule has 0 aliphatic carbocycles. The number of amides is 2. The first-order valence-electron chi connectivity index (χ1n) is 13.4. The molecule has 0 spiro atoms. The zero-order valence-corrected chi connectivity index (χ0v) is 26.1. The van der Waals surface area contributed by atoms with Gasteiger partial charge in [-0.1, -0.05) is 66.4 Å². The Morgan fingerprint density at radius 3 is 2.16 bits per heavy atom. The van der Waals surface area contributed by atoms with Gasteiger partial charge in [-0.2, -0.15) is 13.2 Å². The maximum atomic E-state index is 14.0. The lowest BCUT2D eigenvalue weighted by Crippen LogP contribution is -2.51. The predicted octanol–water partition coefficient (Wildman–Crippen LogP) is 6.85. The SMILES string of the molecule is CCCCNC(=O)C(C)N(Cc1c(Cl)cccc1Cl)C(=O)CN(c1cccc(C(F)(F)F)c1)S(=O)(=O)c1ccc(C)cc1. The van der Waals surface area contributed by atoms with Crippen LogP contribution in [0.3, 0.4) is 0 Å². The summed E-state index contributed by atoms with van der Waals surface area (Å²) in [6, 6.07) is 13.0. The smallest absolute Gasteiger partial charge is 0.354 e. The van der Waals surface area contributed by atoms with E-state index < -0.39 is 46.2 Å². The van der Waals surface area contributed by atoms with E-state index in [0.717, 1.165) is 29.0 Å². The van der Waals surface area contributed by atoms with Gasteiger partial charge in [0.2, 0.25) is 11.8 Å². The van der Waals surface area contributed by atoms with Gasteiger partial charge in [0, 0.05) is 28.7 Å². The average Bonchev–Trinajstić information content (AvgIpc) is 2.95. The van der Waals surface area contributed by atoms with Gasteiger partial charge in [0.1, 0.15) is 12.6 Å². The number of rotatable bonds is 12. The second-order valence-corrected chi connectivity index (χ2v) is 12.6. The van der Waals surface area contributed by atoms with Gasteiger partial charge in [0.05, 0.1) is 16.1 Å². The molecule has 13 heteroatoms. The summed E-state index contributed by atoms with van der Waals surface area (Å²) in [6.45, 7) is 4.34. The predicted molar refractivity (Wildman–Crippen MR) is 162 cm³/mol. The van der Waals surface area contributed by atoms with Gasteiger partial charge in [0.25, 0.3) is 10.0 Å². The first-order valence-corrected chi connectivity index (χ1v) is 15.6. The second kappa shape index (κ2) is 14.5. The lowest BCUT2D eigenvalue weighted by atomic mass is 10.1. The summed E-state index contributed by atoms with van der Waals surface area (Å²) in [6.07, 6.45) is -3.26. The van der Waals surface area contributed by atoms with E-state index in [1.807, 2.05) is 6.92 Å². The van der Waals surface area contributed by atoms with Crippen molar-refractivity contribution in [3.63, 3.8) is 0 Å². The summed E-state index contributed by atoms with van der Waals surface area (Å²) in [5, 5.41) is 3.18. The molecule has 3 rings (SSSR count). The highest BCUT2D eigenvalue weighted by atomic mass is 35.5. The molecule has 3 aromatic rings. The highest BCUT2D eigenvalue weighted by Gasteiger charge is 2.35. The van der Waals surface area contributed by atoms with E-state index >= 15 is 0 Å². The maximum absolute atomic E-state index is 14.0. The second-order valence-electron chi connectivity index (χ2n) is 9.92. The van der Waals surface area contributed by atoms with Gasteiger partial charge in [0.15, 0.2) is 0 Å². The van der Waals surface area contributed by atoms with Gasteiger partial charge >= 0.3 is 6.18 Å². The molecule has 1 atom stereocenters. The van der Waals surface area contributed by atoms with Crippen molar-refractivity contribution in [2.45, 2.75) is 57.3 Å². The summed E-state index contributed by atoms with van der Waals surface area (Å²) < 4.78 is 69.2. The van der Waals surface area contributed by atoms with Crippen molar-refractivity contribution in [1.29, 1.82) is 0 Å². The summed E-state index contributed by atoms with van der Waals surface area (Å²) in [7, 11) is -4.55. The molecule has 0 bridgehead atoms. The van der Waals surface area contributed by atoms with Crippen LogP contribution in [0, 0.1) is 6.92 Å². The van der Waals surface area contributed by atoms with Gasteiger partial charge in [-0.15, -0.1) is 0 Å². The number of unbranched alkanes of at least 4 members (excludes halogenated alkanes) is 1. The minimum atomic E-state index is -4.77. The Hall–Kier alpha value is -3.28. The van der Waals surface area contributed by atoms with Crippen LogP contribution in [0.1, 0.15) is 43.4 Å². The standard InChI is InChI=1S/C30H32Cl2F3N3O4S/c1-4-5-16-36-29(40)21(3)37(18-25-26(31)10-7-11-27(25)32)28(39)19-38(23-9-6-8-22(17-23)30(33,34)35)43(41,42)24-14-12-20(2)13-15-24/h6-15,17,21H,4-5,16,18-19H2,1-3H3,(H,36,40). The number of nitrogens with one attached hydrogen (secondary N) is 1. The molecule has 232 valence electrons. The van der Waals surface area contributed by atoms with E-state index in [0.29, 0.717) is 28.9 Å². The molecule has 0 fully saturated rings. The molecule has 2 amide bonds. The highest BCUT2D eigenvalue weighted by Crippen LogP contribution is 2.34. The highest BCUT2D eigenvalue weighted by molar-refractivity contribution is 7.92. The number of sulfonamides is 1. The van der Waals surface area contributed by atoms with Crippen molar-refractivity contribution in [2.75, 3.05) is 17.4 Å². The maximum Gasteiger partial charge on any atom is 0.416 e. The van der Waals surface area contributed by atoms with Crippen molar-refractivity contribution >= 4 is 50.7 Å². The first kappa shape index (κ1) is 34.2. The molecule has 7 nitrogen and oxygen atoms in total. The Morgan fingerprint density at radius 1 is 0.977 bits per heavy atom. The van der Waals surface area contributed by atoms with Crippen LogP contribution in [0.2, 0.25) is 10.0 Å². The van der Waals surface area contributed by atoms with Crippen LogP contribution in [0.5, 0.6) is 0 Å². The Kier molecular flexibility index (Phi) is 11.5. The largest absolute Gasteiger partial charge is 0.416 e. The van der Waals surface area contributed by atoms with E-state index in [-0.39, 0.29) is 27.2 Å². The zero-order valence-electron chi connectivity index (χ0n) is 23.8. The lowest BCUT2D eigenvalue weighted by Gasteiger charge is -2.32. The topological polar surface area (TPSA) is 86.8 Å². The summed E-state index contributed by atoms with van der Waals surface area (Å²) in [5.41, 5.74) is -0.393. The fourth-order valence-electron chi connectivity index (χ4n) is 4.18. The normalized spacial score (nSPS) is 12.5. The van der Waals surface area contributed by atoms with Crippen LogP contribution in [0.15, 0.2) is 71.6 Å². The van der Waals surface area contributed by atoms with E-state index in [1.165, 1.54) is 37.3 Å². The third-order valence-corrected chi connectivity index (χ3v) is 9.23. The molecule has 0 aliphatic rings. The molecular formula is C30H32Cl2F3N3O4S. The van der Waals surface area contributed by atoms with Gasteiger partial charge in [-0.25, -0.2) is 8.42 Å². The quantitative estimate of drug-likeness (QED) is 0.216. The van der Waals surface area contributed by atoms with Crippen molar-refractivity contribution in [2.24, 2.45) is 0 Å². The summed E-state index contributed by atoms with van der Waals surface area (Å²) in [5.74, 6) is -1.36. The molecule has 0 saturated carbocycles. The molecule has 1 unspecified atom stereocenters. The van der Waals surface area contributed by atoms with Crippen LogP contribution in [-0.2, 0) is 32.3 Å². The van der Waals surface area contributed by atoms with Crippen LogP contribution in [0.25, 0.3) is 0 Å². The molecule has 0 saturated heterocycles. The number of benzene rings is 3. The van der Waals surface area contributed by atoms with Gasteiger partial charge in [-0.3, -0.25) is 13.9 Å². The number of anilines is 1. The molecule has 0 aromatic heterocycles. The van der Waals surface area contributed by atoms with Crippen molar-refractivity contribution in [3.8, 4) is 0 Å². The number of carbonyl (C=O) groups is 2. The van der Waals surface area contributed by atoms with Gasteiger partial charge < -0.3 is 10.2 Å². The molecule has 0 aliphatic heterocycles. The van der Waals surface area contributed by atoms with Crippen molar-refractivity contribution in [1.82, 2.24) is 10.2 Å². The molecule has 0 heterocycles. The molecule has 43 heavy (non-hydrogen) atoms. The minimum absolute atomic E-state index is 0.214. The fourth-order valence-corrected chi connectivity index (χ4v) is 6.10. The number of aryl methyl sites for hydroxylation is 1. The number of hydrogen-bond donors (Lipinski definition) is 1. The van der Waals surface area contributed by atoms with Crippen molar-refractivity contribution < 1.29 is 31.2 Å². The Labute approximate surface area is 259 Å². The van der Waals surface area contributed by atoms with Gasteiger partial charge in [-0.05, 0) is 62.7 Å². The number of alkyl halides is 3. The van der Waals surface area contributed by atoms with Crippen molar-refractivity contribution in [3.05, 3.63) is 93.5 Å². The number of hydrogen-bond acceptors (Lipinski definition) is 4. The zero-order chi connectivity index (χ0) is 31.9. The average molecular weight is 659 g/mol. The van der Waals surface area contributed by atoms with E-state index in [9.17, 15) is 31.2 Å². The van der Waals surface area contributed by atoms with Crippen LogP contribution >= 0.6 is 23.2 Å². The number of halogens is 5. The minimum Gasteiger partial charge on any atom is -0.354 e. The Balaban J connectivity index is 2.10. The summed E-state index contributed by atoms with van der Waals surface area (Å²) in [4.78, 5) is 27.9. The lowest BCUT2D eigenvalue weighted by molar-refractivity contribution is -0.139. The third kappa shape index (κ3) is 8.64. The molecule has 1 N–H and O–H groups in total. The first-order chi connectivity index (χ1) is 20.2. The molecule has 3 aromatic carbocycles. The van der Waals surface area contributed by atoms with Crippen LogP contribution in [0.4, 0.5) is 18.9 Å². The van der Waals surface area contributed by atoms with E-state index in [1.54, 1.807) is 25.1 Å². The Bertz CT molecular complexity index is 1530. The number of nitrogens with zero attached hydrogens (tertiary/aromatic N) is 2.